The van der Waals surface area contributed by atoms with Crippen molar-refractivity contribution < 1.29 is 9.13 Å². The number of halogens is 2. The van der Waals surface area contributed by atoms with Crippen molar-refractivity contribution >= 4 is 29.2 Å². The molecule has 0 bridgehead atoms. The lowest BCUT2D eigenvalue weighted by Crippen LogP contribution is -2.40. The first kappa shape index (κ1) is 15.3. The van der Waals surface area contributed by atoms with E-state index in [1.165, 1.54) is 0 Å². The molecule has 20 heavy (non-hydrogen) atoms. The molecule has 0 unspecified atom stereocenters. The van der Waals surface area contributed by atoms with Crippen LogP contribution >= 0.6 is 15.9 Å². The fourth-order valence-electron chi connectivity index (χ4n) is 1.95. The summed E-state index contributed by atoms with van der Waals surface area (Å²) in [5.74, 6) is 0.101. The van der Waals surface area contributed by atoms with Crippen LogP contribution in [0.2, 0.25) is 19.6 Å². The van der Waals surface area contributed by atoms with Crippen LogP contribution in [0.5, 0.6) is 5.75 Å². The molecule has 0 heterocycles. The topological polar surface area (TPSA) is 9.23 Å². The highest BCUT2D eigenvalue weighted by Gasteiger charge is 2.24. The molecule has 0 saturated carbocycles. The number of hydrogen-bond donors (Lipinski definition) is 0. The summed E-state index contributed by atoms with van der Waals surface area (Å²) in [7, 11) is -1.73. The maximum absolute atomic E-state index is 14.5. The largest absolute Gasteiger partial charge is 0.486 e. The van der Waals surface area contributed by atoms with Crippen LogP contribution < -0.4 is 9.92 Å². The average molecular weight is 353 g/mol. The van der Waals surface area contributed by atoms with Crippen molar-refractivity contribution in [1.82, 2.24) is 0 Å². The monoisotopic (exact) mass is 352 g/mol. The molecule has 4 heteroatoms. The quantitative estimate of drug-likeness (QED) is 0.723. The van der Waals surface area contributed by atoms with Gasteiger partial charge in [0, 0.05) is 4.47 Å². The summed E-state index contributed by atoms with van der Waals surface area (Å²) in [5.41, 5.74) is 1.03. The third kappa shape index (κ3) is 3.70. The fraction of sp³-hybridized carbons (Fsp3) is 0.250. The van der Waals surface area contributed by atoms with Gasteiger partial charge in [-0.05, 0) is 22.9 Å². The van der Waals surface area contributed by atoms with Crippen molar-refractivity contribution in [3.05, 3.63) is 58.3 Å². The molecule has 0 aliphatic heterocycles. The standard InChI is InChI=1S/C16H18BrFOSi/c1-20(2,3)15-10-13(17)9-14(16(15)18)19-11-12-7-5-4-6-8-12/h4-10H,11H2,1-3H3. The second-order valence-corrected chi connectivity index (χ2v) is 11.7. The zero-order chi connectivity index (χ0) is 14.8. The number of ether oxygens (including phenoxy) is 1. The van der Waals surface area contributed by atoms with Gasteiger partial charge in [0.25, 0.3) is 0 Å². The summed E-state index contributed by atoms with van der Waals surface area (Å²) in [5, 5.41) is 0.787. The van der Waals surface area contributed by atoms with Gasteiger partial charge in [-0.15, -0.1) is 0 Å². The molecule has 0 N–H and O–H groups in total. The number of hydrogen-bond acceptors (Lipinski definition) is 1. The van der Waals surface area contributed by atoms with Gasteiger partial charge in [0.05, 0.1) is 8.07 Å². The zero-order valence-corrected chi connectivity index (χ0v) is 14.5. The summed E-state index contributed by atoms with van der Waals surface area (Å²) in [4.78, 5) is 0. The van der Waals surface area contributed by atoms with Gasteiger partial charge in [0.15, 0.2) is 11.6 Å². The molecule has 0 aliphatic rings. The van der Waals surface area contributed by atoms with Crippen molar-refractivity contribution in [2.45, 2.75) is 26.2 Å². The highest BCUT2D eigenvalue weighted by Crippen LogP contribution is 2.24. The zero-order valence-electron chi connectivity index (χ0n) is 11.9. The second-order valence-electron chi connectivity index (χ2n) is 5.79. The number of benzene rings is 2. The minimum atomic E-state index is -1.73. The summed E-state index contributed by atoms with van der Waals surface area (Å²) in [6, 6.07) is 13.4. The van der Waals surface area contributed by atoms with Crippen molar-refractivity contribution in [3.63, 3.8) is 0 Å². The average Bonchev–Trinajstić information content (AvgIpc) is 2.39. The number of rotatable bonds is 4. The van der Waals surface area contributed by atoms with Crippen LogP contribution in [0.3, 0.4) is 0 Å². The Morgan fingerprint density at radius 3 is 2.35 bits per heavy atom. The molecule has 0 amide bonds. The van der Waals surface area contributed by atoms with E-state index in [2.05, 4.69) is 35.6 Å². The molecule has 0 aliphatic carbocycles. The Bertz CT molecular complexity index is 593. The third-order valence-corrected chi connectivity index (χ3v) is 5.49. The first-order valence-corrected chi connectivity index (χ1v) is 10.8. The van der Waals surface area contributed by atoms with Gasteiger partial charge in [-0.25, -0.2) is 4.39 Å². The first-order chi connectivity index (χ1) is 9.38. The summed E-state index contributed by atoms with van der Waals surface area (Å²) in [6.07, 6.45) is 0. The Labute approximate surface area is 128 Å². The van der Waals surface area contributed by atoms with E-state index in [4.69, 9.17) is 4.74 Å². The lowest BCUT2D eigenvalue weighted by Gasteiger charge is -2.20. The van der Waals surface area contributed by atoms with E-state index in [1.54, 1.807) is 6.07 Å². The van der Waals surface area contributed by atoms with Crippen LogP contribution in [-0.2, 0) is 6.61 Å². The van der Waals surface area contributed by atoms with Crippen molar-refractivity contribution in [2.75, 3.05) is 0 Å². The molecule has 0 spiro atoms. The molecular weight excluding hydrogens is 335 g/mol. The Morgan fingerprint density at radius 1 is 1.10 bits per heavy atom. The Balaban J connectivity index is 2.26. The van der Waals surface area contributed by atoms with Gasteiger partial charge in [-0.3, -0.25) is 0 Å². The SMILES string of the molecule is C[Si](C)(C)c1cc(Br)cc(OCc2ccccc2)c1F. The first-order valence-electron chi connectivity index (χ1n) is 6.54. The van der Waals surface area contributed by atoms with Crippen LogP contribution in [0.25, 0.3) is 0 Å². The van der Waals surface area contributed by atoms with Crippen molar-refractivity contribution in [1.29, 1.82) is 0 Å². The highest BCUT2D eigenvalue weighted by atomic mass is 79.9. The molecule has 0 aromatic heterocycles. The minimum Gasteiger partial charge on any atom is -0.486 e. The van der Waals surface area contributed by atoms with E-state index in [0.717, 1.165) is 15.2 Å². The smallest absolute Gasteiger partial charge is 0.164 e. The normalized spacial score (nSPS) is 11.4. The molecule has 1 nitrogen and oxygen atoms in total. The van der Waals surface area contributed by atoms with Gasteiger partial charge in [-0.1, -0.05) is 65.9 Å². The van der Waals surface area contributed by atoms with E-state index < -0.39 is 8.07 Å². The lowest BCUT2D eigenvalue weighted by atomic mass is 10.2. The van der Waals surface area contributed by atoms with Crippen LogP contribution in [0.4, 0.5) is 4.39 Å². The molecule has 0 radical (unpaired) electrons. The van der Waals surface area contributed by atoms with Gasteiger partial charge in [0.2, 0.25) is 0 Å². The predicted octanol–water partition coefficient (Wildman–Crippen LogP) is 4.71. The summed E-state index contributed by atoms with van der Waals surface area (Å²) < 4.78 is 21.1. The van der Waals surface area contributed by atoms with Crippen LogP contribution in [0, 0.1) is 5.82 Å². The van der Waals surface area contributed by atoms with Gasteiger partial charge < -0.3 is 4.74 Å². The molecule has 2 rings (SSSR count). The Kier molecular flexibility index (Phi) is 4.65. The molecule has 0 atom stereocenters. The van der Waals surface area contributed by atoms with Crippen molar-refractivity contribution in [3.8, 4) is 5.75 Å². The highest BCUT2D eigenvalue weighted by molar-refractivity contribution is 9.10. The fourth-order valence-corrected chi connectivity index (χ4v) is 3.97. The van der Waals surface area contributed by atoms with E-state index >= 15 is 0 Å². The maximum atomic E-state index is 14.5. The van der Waals surface area contributed by atoms with Crippen LogP contribution in [0.15, 0.2) is 46.9 Å². The minimum absolute atomic E-state index is 0.219. The van der Waals surface area contributed by atoms with Crippen LogP contribution in [-0.4, -0.2) is 8.07 Å². The lowest BCUT2D eigenvalue weighted by molar-refractivity contribution is 0.291. The second kappa shape index (κ2) is 6.10. The van der Waals surface area contributed by atoms with E-state index in [-0.39, 0.29) is 5.82 Å². The predicted molar refractivity (Wildman–Crippen MR) is 87.9 cm³/mol. The molecular formula is C16H18BrFOSi. The third-order valence-electron chi connectivity index (χ3n) is 3.05. The Hall–Kier alpha value is -1.13. The van der Waals surface area contributed by atoms with Crippen molar-refractivity contribution in [2.24, 2.45) is 0 Å². The Morgan fingerprint density at radius 2 is 1.75 bits per heavy atom. The summed E-state index contributed by atoms with van der Waals surface area (Å²) >= 11 is 3.44. The van der Waals surface area contributed by atoms with Gasteiger partial charge in [-0.2, -0.15) is 0 Å². The molecule has 2 aromatic carbocycles. The van der Waals surface area contributed by atoms with Gasteiger partial charge in [0.1, 0.15) is 6.61 Å². The molecule has 2 aromatic rings. The van der Waals surface area contributed by atoms with E-state index in [1.807, 2.05) is 36.4 Å². The molecule has 106 valence electrons. The van der Waals surface area contributed by atoms with E-state index in [9.17, 15) is 4.39 Å². The van der Waals surface area contributed by atoms with Crippen LogP contribution in [0.1, 0.15) is 5.56 Å². The van der Waals surface area contributed by atoms with Gasteiger partial charge >= 0.3 is 0 Å². The molecule has 0 fully saturated rings. The summed E-state index contributed by atoms with van der Waals surface area (Å²) in [6.45, 7) is 6.75. The molecule has 0 saturated heterocycles. The van der Waals surface area contributed by atoms with E-state index in [0.29, 0.717) is 12.4 Å². The maximum Gasteiger partial charge on any atom is 0.164 e.